The zero-order valence-corrected chi connectivity index (χ0v) is 16.1. The van der Waals surface area contributed by atoms with Gasteiger partial charge in [-0.1, -0.05) is 0 Å². The summed E-state index contributed by atoms with van der Waals surface area (Å²) >= 11 is 1.23. The fraction of sp³-hybridized carbons (Fsp3) is 0.294. The number of rotatable bonds is 5. The molecule has 1 aromatic heterocycles. The SMILES string of the molecule is COc1ccc(S(=O)(=O)N2Cc3ccsc3C(OC(C)=O)C2C(=O)O)cc1. The minimum atomic E-state index is -4.16. The molecule has 2 aromatic rings. The van der Waals surface area contributed by atoms with E-state index in [1.807, 2.05) is 0 Å². The third-order valence-electron chi connectivity index (χ3n) is 4.17. The Balaban J connectivity index is 2.09. The van der Waals surface area contributed by atoms with Crippen LogP contribution in [0.1, 0.15) is 23.5 Å². The number of nitrogens with zero attached hydrogens (tertiary/aromatic N) is 1. The Morgan fingerprint density at radius 3 is 2.44 bits per heavy atom. The molecule has 2 heterocycles. The minimum absolute atomic E-state index is 0.0743. The average Bonchev–Trinajstić information content (AvgIpc) is 3.09. The summed E-state index contributed by atoms with van der Waals surface area (Å²) in [7, 11) is -2.71. The summed E-state index contributed by atoms with van der Waals surface area (Å²) in [6.07, 6.45) is -1.21. The molecule has 2 atom stereocenters. The first-order valence-electron chi connectivity index (χ1n) is 7.88. The summed E-state index contributed by atoms with van der Waals surface area (Å²) in [6, 6.07) is 5.78. The molecular weight excluding hydrogens is 394 g/mol. The Morgan fingerprint density at radius 2 is 1.89 bits per heavy atom. The van der Waals surface area contributed by atoms with Gasteiger partial charge in [0.1, 0.15) is 5.75 Å². The van der Waals surface area contributed by atoms with Crippen molar-refractivity contribution in [3.63, 3.8) is 0 Å². The average molecular weight is 411 g/mol. The number of benzene rings is 1. The molecule has 0 amide bonds. The predicted octanol–water partition coefficient (Wildman–Crippen LogP) is 2.02. The van der Waals surface area contributed by atoms with Crippen LogP contribution in [0.15, 0.2) is 40.6 Å². The summed E-state index contributed by atoms with van der Waals surface area (Å²) < 4.78 is 37.4. The molecule has 8 nitrogen and oxygen atoms in total. The molecule has 0 saturated carbocycles. The Hall–Kier alpha value is -2.43. The van der Waals surface area contributed by atoms with E-state index in [-0.39, 0.29) is 11.4 Å². The van der Waals surface area contributed by atoms with Gasteiger partial charge < -0.3 is 14.6 Å². The van der Waals surface area contributed by atoms with Crippen molar-refractivity contribution < 1.29 is 32.6 Å². The molecule has 0 fully saturated rings. The van der Waals surface area contributed by atoms with E-state index in [1.165, 1.54) is 42.7 Å². The predicted molar refractivity (Wildman–Crippen MR) is 96.0 cm³/mol. The fourth-order valence-corrected chi connectivity index (χ4v) is 5.49. The first-order valence-corrected chi connectivity index (χ1v) is 10.2. The van der Waals surface area contributed by atoms with Crippen LogP contribution in [0.25, 0.3) is 0 Å². The second-order valence-electron chi connectivity index (χ2n) is 5.85. The smallest absolute Gasteiger partial charge is 0.326 e. The monoisotopic (exact) mass is 411 g/mol. The molecule has 3 rings (SSSR count). The van der Waals surface area contributed by atoms with Crippen LogP contribution in [0.2, 0.25) is 0 Å². The van der Waals surface area contributed by atoms with Gasteiger partial charge in [0, 0.05) is 13.5 Å². The van der Waals surface area contributed by atoms with Gasteiger partial charge in [0.15, 0.2) is 12.1 Å². The number of sulfonamides is 1. The number of carbonyl (C=O) groups is 2. The summed E-state index contributed by atoms with van der Waals surface area (Å²) in [5.74, 6) is -1.60. The zero-order chi connectivity index (χ0) is 19.8. The van der Waals surface area contributed by atoms with Crippen molar-refractivity contribution in [1.29, 1.82) is 0 Å². The largest absolute Gasteiger partial charge is 0.497 e. The van der Waals surface area contributed by atoms with Gasteiger partial charge in [-0.2, -0.15) is 4.31 Å². The molecule has 2 unspecified atom stereocenters. The van der Waals surface area contributed by atoms with Crippen LogP contribution in [0.5, 0.6) is 5.75 Å². The topological polar surface area (TPSA) is 110 Å². The molecular formula is C17H17NO7S2. The third-order valence-corrected chi connectivity index (χ3v) is 7.04. The first-order chi connectivity index (χ1) is 12.8. The Labute approximate surface area is 160 Å². The zero-order valence-electron chi connectivity index (χ0n) is 14.5. The van der Waals surface area contributed by atoms with Gasteiger partial charge in [-0.05, 0) is 41.3 Å². The highest BCUT2D eigenvalue weighted by molar-refractivity contribution is 7.89. The number of hydrogen-bond acceptors (Lipinski definition) is 7. The molecule has 0 spiro atoms. The van der Waals surface area contributed by atoms with E-state index in [2.05, 4.69) is 0 Å². The number of carboxylic acids is 1. The summed E-state index contributed by atoms with van der Waals surface area (Å²) in [6.45, 7) is 1.03. The van der Waals surface area contributed by atoms with Crippen molar-refractivity contribution in [2.24, 2.45) is 0 Å². The number of thiophene rings is 1. The standard InChI is InChI=1S/C17H17NO7S2/c1-10(19)25-15-14(17(20)21)18(9-11-7-8-26-16(11)15)27(22,23)13-5-3-12(24-2)4-6-13/h3-8,14-15H,9H2,1-2H3,(H,20,21). The number of methoxy groups -OCH3 is 1. The number of esters is 1. The highest BCUT2D eigenvalue weighted by Crippen LogP contribution is 2.40. The van der Waals surface area contributed by atoms with Crippen LogP contribution < -0.4 is 4.74 Å². The van der Waals surface area contributed by atoms with Crippen molar-refractivity contribution in [1.82, 2.24) is 4.31 Å². The highest BCUT2D eigenvalue weighted by atomic mass is 32.2. The van der Waals surface area contributed by atoms with Crippen molar-refractivity contribution in [3.05, 3.63) is 46.2 Å². The normalized spacial score (nSPS) is 19.9. The molecule has 10 heteroatoms. The molecule has 1 N–H and O–H groups in total. The van der Waals surface area contributed by atoms with E-state index in [4.69, 9.17) is 9.47 Å². The molecule has 0 bridgehead atoms. The maximum absolute atomic E-state index is 13.1. The number of carboxylic acid groups (broad SMARTS) is 1. The summed E-state index contributed by atoms with van der Waals surface area (Å²) in [5.41, 5.74) is 0.612. The van der Waals surface area contributed by atoms with Gasteiger partial charge in [0.2, 0.25) is 10.0 Å². The maximum Gasteiger partial charge on any atom is 0.326 e. The lowest BCUT2D eigenvalue weighted by atomic mass is 10.0. The molecule has 1 aliphatic rings. The number of carbonyl (C=O) groups excluding carboxylic acids is 1. The van der Waals surface area contributed by atoms with E-state index in [1.54, 1.807) is 11.4 Å². The second-order valence-corrected chi connectivity index (χ2v) is 8.69. The van der Waals surface area contributed by atoms with E-state index >= 15 is 0 Å². The van der Waals surface area contributed by atoms with Crippen LogP contribution in [-0.2, 0) is 30.9 Å². The van der Waals surface area contributed by atoms with Crippen molar-refractivity contribution in [3.8, 4) is 5.75 Å². The van der Waals surface area contributed by atoms with Crippen LogP contribution in [0.4, 0.5) is 0 Å². The van der Waals surface area contributed by atoms with E-state index in [9.17, 15) is 23.1 Å². The summed E-state index contributed by atoms with van der Waals surface area (Å²) in [5, 5.41) is 11.4. The molecule has 1 aliphatic heterocycles. The minimum Gasteiger partial charge on any atom is -0.497 e. The lowest BCUT2D eigenvalue weighted by Gasteiger charge is -2.36. The van der Waals surface area contributed by atoms with Gasteiger partial charge in [-0.25, -0.2) is 8.42 Å². The third kappa shape index (κ3) is 3.55. The quantitative estimate of drug-likeness (QED) is 0.750. The number of ether oxygens (including phenoxy) is 2. The molecule has 144 valence electrons. The van der Waals surface area contributed by atoms with Gasteiger partial charge in [-0.3, -0.25) is 9.59 Å². The number of hydrogen-bond donors (Lipinski definition) is 1. The molecule has 27 heavy (non-hydrogen) atoms. The fourth-order valence-electron chi connectivity index (χ4n) is 2.96. The molecule has 1 aromatic carbocycles. The second kappa shape index (κ2) is 7.29. The maximum atomic E-state index is 13.1. The van der Waals surface area contributed by atoms with E-state index in [0.29, 0.717) is 16.2 Å². The lowest BCUT2D eigenvalue weighted by Crippen LogP contribution is -2.51. The summed E-state index contributed by atoms with van der Waals surface area (Å²) in [4.78, 5) is 23.9. The number of aliphatic carboxylic acids is 1. The first kappa shape index (κ1) is 19.3. The van der Waals surface area contributed by atoms with E-state index < -0.39 is 34.1 Å². The van der Waals surface area contributed by atoms with Crippen molar-refractivity contribution >= 4 is 33.3 Å². The van der Waals surface area contributed by atoms with Gasteiger partial charge in [-0.15, -0.1) is 11.3 Å². The molecule has 0 saturated heterocycles. The molecule has 0 aliphatic carbocycles. The Kier molecular flexibility index (Phi) is 5.22. The lowest BCUT2D eigenvalue weighted by molar-refractivity contribution is -0.158. The van der Waals surface area contributed by atoms with Crippen LogP contribution in [-0.4, -0.2) is 42.9 Å². The number of fused-ring (bicyclic) bond motifs is 1. The van der Waals surface area contributed by atoms with Gasteiger partial charge >= 0.3 is 11.9 Å². The van der Waals surface area contributed by atoms with Gasteiger partial charge in [0.05, 0.1) is 16.9 Å². The van der Waals surface area contributed by atoms with Crippen LogP contribution in [0.3, 0.4) is 0 Å². The van der Waals surface area contributed by atoms with Gasteiger partial charge in [0.25, 0.3) is 0 Å². The van der Waals surface area contributed by atoms with Crippen molar-refractivity contribution in [2.45, 2.75) is 30.5 Å². The van der Waals surface area contributed by atoms with Crippen LogP contribution in [0, 0.1) is 0 Å². The highest BCUT2D eigenvalue weighted by Gasteiger charge is 2.48. The Morgan fingerprint density at radius 1 is 1.22 bits per heavy atom. The van der Waals surface area contributed by atoms with E-state index in [0.717, 1.165) is 11.2 Å². The Bertz CT molecular complexity index is 965. The van der Waals surface area contributed by atoms with Crippen molar-refractivity contribution in [2.75, 3.05) is 7.11 Å². The van der Waals surface area contributed by atoms with Crippen LogP contribution >= 0.6 is 11.3 Å². The molecule has 0 radical (unpaired) electrons.